The Labute approximate surface area is 232 Å². The number of benzene rings is 4. The minimum atomic E-state index is -0.556. The second-order valence-electron chi connectivity index (χ2n) is 9.15. The van der Waals surface area contributed by atoms with Crippen LogP contribution >= 0.6 is 0 Å². The first-order valence-corrected chi connectivity index (χ1v) is 12.5. The predicted octanol–water partition coefficient (Wildman–Crippen LogP) is 7.49. The number of nitroso groups, excluding NO2 is 2. The van der Waals surface area contributed by atoms with E-state index in [0.29, 0.717) is 24.0 Å². The summed E-state index contributed by atoms with van der Waals surface area (Å²) >= 11 is 0. The van der Waals surface area contributed by atoms with Crippen molar-refractivity contribution in [3.63, 3.8) is 0 Å². The molecule has 0 radical (unpaired) electrons. The number of rotatable bonds is 7. The maximum Gasteiger partial charge on any atom is 0.270 e. The molecule has 2 heterocycles. The number of nitro benzene ring substituents is 1. The van der Waals surface area contributed by atoms with Gasteiger partial charge in [-0.1, -0.05) is 78.9 Å². The molecule has 0 unspecified atom stereocenters. The molecule has 0 fully saturated rings. The van der Waals surface area contributed by atoms with Crippen LogP contribution in [0.4, 0.5) is 17.1 Å². The Balaban J connectivity index is 0.000000166. The van der Waals surface area contributed by atoms with Crippen LogP contribution in [0.15, 0.2) is 113 Å². The van der Waals surface area contributed by atoms with E-state index in [9.17, 15) is 30.1 Å². The summed E-state index contributed by atoms with van der Waals surface area (Å²) in [5.74, 6) is -0.380. The summed E-state index contributed by atoms with van der Waals surface area (Å²) in [6, 6.07) is 30.6. The minimum absolute atomic E-state index is 0.0833. The van der Waals surface area contributed by atoms with Gasteiger partial charge in [0.05, 0.1) is 29.0 Å². The molecule has 41 heavy (non-hydrogen) atoms. The highest BCUT2D eigenvalue weighted by atomic mass is 16.6. The van der Waals surface area contributed by atoms with Gasteiger partial charge in [0, 0.05) is 22.9 Å². The summed E-state index contributed by atoms with van der Waals surface area (Å²) in [6.07, 6.45) is 0. The molecule has 204 valence electrons. The highest BCUT2D eigenvalue weighted by molar-refractivity contribution is 5.97. The van der Waals surface area contributed by atoms with Crippen molar-refractivity contribution in [3.05, 3.63) is 134 Å². The summed E-state index contributed by atoms with van der Waals surface area (Å²) < 4.78 is 3.20. The fourth-order valence-electron chi connectivity index (χ4n) is 4.73. The average molecular weight is 550 g/mol. The Morgan fingerprint density at radius 3 is 1.61 bits per heavy atom. The smallest absolute Gasteiger partial charge is 0.270 e. The van der Waals surface area contributed by atoms with Crippen LogP contribution in [0.5, 0.6) is 11.8 Å². The van der Waals surface area contributed by atoms with Crippen molar-refractivity contribution in [2.75, 3.05) is 0 Å². The van der Waals surface area contributed by atoms with Crippen molar-refractivity contribution in [3.8, 4) is 11.8 Å². The zero-order chi connectivity index (χ0) is 28.9. The van der Waals surface area contributed by atoms with E-state index in [0.717, 1.165) is 16.6 Å². The Morgan fingerprint density at radius 1 is 0.634 bits per heavy atom. The average Bonchev–Trinajstić information content (AvgIpc) is 3.42. The first-order chi connectivity index (χ1) is 19.9. The van der Waals surface area contributed by atoms with Crippen LogP contribution in [0.1, 0.15) is 11.1 Å². The maximum absolute atomic E-state index is 11.0. The Kier molecular flexibility index (Phi) is 7.50. The van der Waals surface area contributed by atoms with Gasteiger partial charge in [0.25, 0.3) is 5.69 Å². The summed E-state index contributed by atoms with van der Waals surface area (Å²) in [5, 5.41) is 37.9. The predicted molar refractivity (Wildman–Crippen MR) is 156 cm³/mol. The van der Waals surface area contributed by atoms with Crippen molar-refractivity contribution in [2.45, 2.75) is 13.1 Å². The second-order valence-corrected chi connectivity index (χ2v) is 9.15. The van der Waals surface area contributed by atoms with E-state index in [-0.39, 0.29) is 34.2 Å². The normalized spacial score (nSPS) is 10.7. The van der Waals surface area contributed by atoms with Crippen molar-refractivity contribution in [2.24, 2.45) is 10.4 Å². The summed E-state index contributed by atoms with van der Waals surface area (Å²) in [7, 11) is 0. The lowest BCUT2D eigenvalue weighted by molar-refractivity contribution is -0.384. The van der Waals surface area contributed by atoms with Gasteiger partial charge in [-0.3, -0.25) is 10.1 Å². The zero-order valence-electron chi connectivity index (χ0n) is 21.5. The van der Waals surface area contributed by atoms with Gasteiger partial charge >= 0.3 is 0 Å². The standard InChI is InChI=1S/C15H11N3O4.C15H12N2O2/c19-15-14(16-20)12-8-11(18(21)22)6-7-13(12)17(15)9-10-4-2-1-3-5-10;18-15-14(16-19)12-8-4-5-9-13(12)17(15)10-11-6-2-1-3-7-11/h1-8,19H,9H2;1-9,18H,10H2. The third kappa shape index (κ3) is 5.23. The van der Waals surface area contributed by atoms with Crippen LogP contribution in [0.3, 0.4) is 0 Å². The summed E-state index contributed by atoms with van der Waals surface area (Å²) in [4.78, 5) is 32.2. The molecule has 11 heteroatoms. The molecule has 0 atom stereocenters. The van der Waals surface area contributed by atoms with E-state index in [4.69, 9.17) is 0 Å². The van der Waals surface area contributed by atoms with Gasteiger partial charge in [-0.05, 0) is 33.6 Å². The molecular formula is C30H23N5O6. The molecule has 0 saturated heterocycles. The number of fused-ring (bicyclic) bond motifs is 2. The van der Waals surface area contributed by atoms with Crippen LogP contribution < -0.4 is 0 Å². The van der Waals surface area contributed by atoms with Gasteiger partial charge < -0.3 is 19.3 Å². The van der Waals surface area contributed by atoms with Gasteiger partial charge in [0.1, 0.15) is 0 Å². The van der Waals surface area contributed by atoms with Gasteiger partial charge in [0.15, 0.2) is 11.4 Å². The molecule has 6 aromatic rings. The molecule has 4 aromatic carbocycles. The number of nitro groups is 1. The van der Waals surface area contributed by atoms with Crippen molar-refractivity contribution >= 4 is 38.9 Å². The zero-order valence-corrected chi connectivity index (χ0v) is 21.5. The SMILES string of the molecule is O=Nc1c(O)n(Cc2ccccc2)c2ccc([N+](=O)[O-])cc12.O=Nc1c(O)n(Cc2ccccc2)c2ccccc12. The summed E-state index contributed by atoms with van der Waals surface area (Å²) in [6.45, 7) is 0.833. The quantitative estimate of drug-likeness (QED) is 0.119. The van der Waals surface area contributed by atoms with Crippen LogP contribution in [0.25, 0.3) is 21.8 Å². The molecule has 0 aliphatic carbocycles. The molecule has 2 N–H and O–H groups in total. The van der Waals surface area contributed by atoms with Crippen molar-refractivity contribution in [1.29, 1.82) is 0 Å². The van der Waals surface area contributed by atoms with E-state index in [1.165, 1.54) is 22.8 Å². The molecular weight excluding hydrogens is 526 g/mol. The largest absolute Gasteiger partial charge is 0.493 e. The van der Waals surface area contributed by atoms with Gasteiger partial charge in [-0.15, -0.1) is 9.81 Å². The van der Waals surface area contributed by atoms with Crippen molar-refractivity contribution in [1.82, 2.24) is 9.13 Å². The Hall–Kier alpha value is -5.84. The topological polar surface area (TPSA) is 152 Å². The van der Waals surface area contributed by atoms with Gasteiger partial charge in [-0.2, -0.15) is 0 Å². The first-order valence-electron chi connectivity index (χ1n) is 12.5. The van der Waals surface area contributed by atoms with Crippen LogP contribution in [-0.2, 0) is 13.1 Å². The van der Waals surface area contributed by atoms with Gasteiger partial charge in [0.2, 0.25) is 11.8 Å². The highest BCUT2D eigenvalue weighted by Gasteiger charge is 2.20. The number of non-ortho nitro benzene ring substituents is 1. The molecule has 6 rings (SSSR count). The molecule has 0 spiro atoms. The van der Waals surface area contributed by atoms with Gasteiger partial charge in [-0.25, -0.2) is 0 Å². The number of para-hydroxylation sites is 1. The number of nitrogens with zero attached hydrogens (tertiary/aromatic N) is 5. The Morgan fingerprint density at radius 2 is 1.10 bits per heavy atom. The molecule has 2 aromatic heterocycles. The Bertz CT molecular complexity index is 1880. The monoisotopic (exact) mass is 549 g/mol. The number of aromatic hydroxyl groups is 2. The van der Waals surface area contributed by atoms with Crippen LogP contribution in [0, 0.1) is 19.9 Å². The first kappa shape index (κ1) is 26.8. The molecule has 0 bridgehead atoms. The van der Waals surface area contributed by atoms with Crippen LogP contribution in [-0.4, -0.2) is 24.3 Å². The molecule has 0 amide bonds. The molecule has 11 nitrogen and oxygen atoms in total. The maximum atomic E-state index is 11.0. The second kappa shape index (κ2) is 11.5. The number of aromatic nitrogens is 2. The minimum Gasteiger partial charge on any atom is -0.493 e. The highest BCUT2D eigenvalue weighted by Crippen LogP contribution is 2.41. The molecule has 0 aliphatic heterocycles. The summed E-state index contributed by atoms with van der Waals surface area (Å²) in [5.41, 5.74) is 3.05. The fraction of sp³-hybridized carbons (Fsp3) is 0.0667. The lowest BCUT2D eigenvalue weighted by Crippen LogP contribution is -1.98. The van der Waals surface area contributed by atoms with E-state index < -0.39 is 4.92 Å². The molecule has 0 aliphatic rings. The number of hydrogen-bond donors (Lipinski definition) is 2. The third-order valence-corrected chi connectivity index (χ3v) is 6.67. The fourth-order valence-corrected chi connectivity index (χ4v) is 4.73. The van der Waals surface area contributed by atoms with Crippen molar-refractivity contribution < 1.29 is 15.1 Å². The van der Waals surface area contributed by atoms with E-state index >= 15 is 0 Å². The third-order valence-electron chi connectivity index (χ3n) is 6.67. The van der Waals surface area contributed by atoms with E-state index in [1.807, 2.05) is 78.9 Å². The lowest BCUT2D eigenvalue weighted by atomic mass is 10.2. The van der Waals surface area contributed by atoms with E-state index in [1.54, 1.807) is 10.6 Å². The molecule has 0 saturated carbocycles. The number of hydrogen-bond acceptors (Lipinski definition) is 8. The van der Waals surface area contributed by atoms with E-state index in [2.05, 4.69) is 10.4 Å². The van der Waals surface area contributed by atoms with Crippen LogP contribution in [0.2, 0.25) is 0 Å². The lowest BCUT2D eigenvalue weighted by Gasteiger charge is -2.06.